The largest absolute Gasteiger partial charge is 0.459 e. The van der Waals surface area contributed by atoms with Gasteiger partial charge in [-0.15, -0.1) is 0 Å². The molecule has 1 aromatic rings. The topological polar surface area (TPSA) is 26.3 Å². The molecule has 0 N–H and O–H groups in total. The third kappa shape index (κ3) is 3.73. The molecule has 1 aromatic carbocycles. The van der Waals surface area contributed by atoms with Crippen LogP contribution in [0.4, 0.5) is 0 Å². The molecule has 0 saturated heterocycles. The maximum Gasteiger partial charge on any atom is 0.334 e. The number of rotatable bonds is 6. The Kier molecular flexibility index (Phi) is 5.63. The van der Waals surface area contributed by atoms with Crippen LogP contribution in [-0.4, -0.2) is 12.1 Å². The second-order valence-corrected chi connectivity index (χ2v) is 4.52. The summed E-state index contributed by atoms with van der Waals surface area (Å²) >= 11 is 0. The number of esters is 1. The van der Waals surface area contributed by atoms with Crippen LogP contribution in [0.2, 0.25) is 0 Å². The summed E-state index contributed by atoms with van der Waals surface area (Å²) in [5.74, 6) is -0.234. The van der Waals surface area contributed by atoms with Crippen molar-refractivity contribution < 1.29 is 9.53 Å². The molecule has 0 fully saturated rings. The second-order valence-electron chi connectivity index (χ2n) is 4.52. The maximum atomic E-state index is 12.0. The number of hydrogen-bond acceptors (Lipinski definition) is 2. The van der Waals surface area contributed by atoms with Crippen LogP contribution in [0.5, 0.6) is 0 Å². The lowest BCUT2D eigenvalue weighted by Crippen LogP contribution is -2.18. The van der Waals surface area contributed by atoms with Crippen LogP contribution in [0.15, 0.2) is 42.5 Å². The van der Waals surface area contributed by atoms with Crippen LogP contribution in [0, 0.1) is 0 Å². The Bertz CT molecular complexity index is 395. The van der Waals surface area contributed by atoms with E-state index < -0.39 is 0 Å². The summed E-state index contributed by atoms with van der Waals surface area (Å²) in [6.07, 6.45) is 1.61. The van der Waals surface area contributed by atoms with Gasteiger partial charge in [0.2, 0.25) is 0 Å². The summed E-state index contributed by atoms with van der Waals surface area (Å²) in [6.45, 7) is 9.86. The summed E-state index contributed by atoms with van der Waals surface area (Å²) in [6, 6.07) is 9.97. The van der Waals surface area contributed by atoms with Crippen molar-refractivity contribution in [3.8, 4) is 0 Å². The Hall–Kier alpha value is -1.57. The molecule has 0 aromatic heterocycles. The number of carbonyl (C=O) groups excluding carboxylic acids is 1. The highest BCUT2D eigenvalue weighted by atomic mass is 16.5. The first-order valence-electron chi connectivity index (χ1n) is 6.54. The molecule has 0 radical (unpaired) electrons. The second kappa shape index (κ2) is 7.00. The number of benzene rings is 1. The van der Waals surface area contributed by atoms with Crippen LogP contribution >= 0.6 is 0 Å². The van der Waals surface area contributed by atoms with Gasteiger partial charge in [-0.25, -0.2) is 4.79 Å². The fourth-order valence-corrected chi connectivity index (χ4v) is 1.85. The van der Waals surface area contributed by atoms with Crippen molar-refractivity contribution in [3.63, 3.8) is 0 Å². The molecule has 98 valence electrons. The van der Waals surface area contributed by atoms with Gasteiger partial charge in [0.15, 0.2) is 0 Å². The molecule has 0 aliphatic carbocycles. The van der Waals surface area contributed by atoms with Gasteiger partial charge in [-0.05, 0) is 25.3 Å². The van der Waals surface area contributed by atoms with Gasteiger partial charge in [0.05, 0.1) is 6.10 Å². The zero-order valence-electron chi connectivity index (χ0n) is 11.5. The van der Waals surface area contributed by atoms with Gasteiger partial charge in [0.1, 0.15) is 0 Å². The molecule has 2 nitrogen and oxygen atoms in total. The molecule has 0 aliphatic heterocycles. The lowest BCUT2D eigenvalue weighted by atomic mass is 9.90. The van der Waals surface area contributed by atoms with E-state index in [0.717, 1.165) is 18.4 Å². The van der Waals surface area contributed by atoms with Crippen LogP contribution in [0.25, 0.3) is 0 Å². The zero-order valence-corrected chi connectivity index (χ0v) is 11.5. The van der Waals surface area contributed by atoms with E-state index in [2.05, 4.69) is 13.5 Å². The van der Waals surface area contributed by atoms with Crippen molar-refractivity contribution in [1.82, 2.24) is 0 Å². The number of ether oxygens (including phenoxy) is 1. The summed E-state index contributed by atoms with van der Waals surface area (Å²) in [7, 11) is 0. The van der Waals surface area contributed by atoms with Gasteiger partial charge in [-0.2, -0.15) is 0 Å². The normalized spacial score (nSPS) is 13.7. The fraction of sp³-hybridized carbons (Fsp3) is 0.438. The summed E-state index contributed by atoms with van der Waals surface area (Å²) in [5, 5.41) is 0. The average Bonchev–Trinajstić information content (AvgIpc) is 2.40. The number of carbonyl (C=O) groups is 1. The first-order chi connectivity index (χ1) is 8.60. The molecule has 2 heteroatoms. The van der Waals surface area contributed by atoms with Crippen molar-refractivity contribution in [3.05, 3.63) is 48.0 Å². The first kappa shape index (κ1) is 14.5. The highest BCUT2D eigenvalue weighted by Gasteiger charge is 2.21. The van der Waals surface area contributed by atoms with Crippen LogP contribution in [0.1, 0.15) is 45.1 Å². The van der Waals surface area contributed by atoms with E-state index in [1.807, 2.05) is 44.2 Å². The van der Waals surface area contributed by atoms with E-state index in [4.69, 9.17) is 4.74 Å². The van der Waals surface area contributed by atoms with Crippen LogP contribution in [-0.2, 0) is 9.53 Å². The Labute approximate surface area is 110 Å². The molecule has 0 saturated carbocycles. The van der Waals surface area contributed by atoms with E-state index in [0.29, 0.717) is 5.57 Å². The van der Waals surface area contributed by atoms with Gasteiger partial charge in [0, 0.05) is 11.5 Å². The van der Waals surface area contributed by atoms with Crippen LogP contribution in [0.3, 0.4) is 0 Å². The van der Waals surface area contributed by atoms with Crippen molar-refractivity contribution in [2.24, 2.45) is 0 Å². The van der Waals surface area contributed by atoms with Gasteiger partial charge < -0.3 is 4.74 Å². The quantitative estimate of drug-likeness (QED) is 0.558. The van der Waals surface area contributed by atoms with Crippen molar-refractivity contribution in [2.75, 3.05) is 0 Å². The predicted molar refractivity (Wildman–Crippen MR) is 74.5 cm³/mol. The average molecular weight is 246 g/mol. The Morgan fingerprint density at radius 1 is 1.22 bits per heavy atom. The SMILES string of the molecule is C=C(C(=O)OC(C)CC)C(CC)c1ccccc1. The van der Waals surface area contributed by atoms with E-state index in [9.17, 15) is 4.79 Å². The minimum atomic E-state index is -0.278. The first-order valence-corrected chi connectivity index (χ1v) is 6.54. The molecule has 0 bridgehead atoms. The standard InChI is InChI=1S/C16H22O2/c1-5-12(3)18-16(17)13(4)15(6-2)14-10-8-7-9-11-14/h7-12,15H,4-6H2,1-3H3. The van der Waals surface area contributed by atoms with Crippen molar-refractivity contribution in [2.45, 2.75) is 45.6 Å². The zero-order chi connectivity index (χ0) is 13.5. The lowest BCUT2D eigenvalue weighted by molar-refractivity contribution is -0.143. The summed E-state index contributed by atoms with van der Waals surface area (Å²) < 4.78 is 5.33. The van der Waals surface area contributed by atoms with Crippen LogP contribution < -0.4 is 0 Å². The van der Waals surface area contributed by atoms with E-state index >= 15 is 0 Å². The smallest absolute Gasteiger partial charge is 0.334 e. The number of hydrogen-bond donors (Lipinski definition) is 0. The van der Waals surface area contributed by atoms with Crippen molar-refractivity contribution >= 4 is 5.97 Å². The Balaban J connectivity index is 2.77. The highest BCUT2D eigenvalue weighted by Crippen LogP contribution is 2.27. The third-order valence-electron chi connectivity index (χ3n) is 3.18. The van der Waals surface area contributed by atoms with E-state index in [1.165, 1.54) is 0 Å². The minimum Gasteiger partial charge on any atom is -0.459 e. The molecular weight excluding hydrogens is 224 g/mol. The maximum absolute atomic E-state index is 12.0. The highest BCUT2D eigenvalue weighted by molar-refractivity contribution is 5.89. The Morgan fingerprint density at radius 2 is 1.83 bits per heavy atom. The lowest BCUT2D eigenvalue weighted by Gasteiger charge is -2.19. The minimum absolute atomic E-state index is 0.0442. The molecular formula is C16H22O2. The summed E-state index contributed by atoms with van der Waals surface area (Å²) in [5.41, 5.74) is 1.66. The molecule has 18 heavy (non-hydrogen) atoms. The van der Waals surface area contributed by atoms with Gasteiger partial charge in [0.25, 0.3) is 0 Å². The Morgan fingerprint density at radius 3 is 2.33 bits per heavy atom. The predicted octanol–water partition coefficient (Wildman–Crippen LogP) is 4.08. The molecule has 0 spiro atoms. The fourth-order valence-electron chi connectivity index (χ4n) is 1.85. The van der Waals surface area contributed by atoms with Gasteiger partial charge >= 0.3 is 5.97 Å². The van der Waals surface area contributed by atoms with Gasteiger partial charge in [-0.3, -0.25) is 0 Å². The molecule has 0 aliphatic rings. The van der Waals surface area contributed by atoms with E-state index in [-0.39, 0.29) is 18.0 Å². The molecule has 0 heterocycles. The third-order valence-corrected chi connectivity index (χ3v) is 3.18. The molecule has 2 unspecified atom stereocenters. The molecule has 2 atom stereocenters. The monoisotopic (exact) mass is 246 g/mol. The van der Waals surface area contributed by atoms with Crippen molar-refractivity contribution in [1.29, 1.82) is 0 Å². The molecule has 1 rings (SSSR count). The summed E-state index contributed by atoms with van der Waals surface area (Å²) in [4.78, 5) is 12.0. The molecule has 0 amide bonds. The van der Waals surface area contributed by atoms with E-state index in [1.54, 1.807) is 0 Å². The van der Waals surface area contributed by atoms with Gasteiger partial charge in [-0.1, -0.05) is 50.8 Å².